The van der Waals surface area contributed by atoms with E-state index in [2.05, 4.69) is 12.2 Å². The number of carbonyl (C=O) groups excluding carboxylic acids is 1. The quantitative estimate of drug-likeness (QED) is 0.863. The van der Waals surface area contributed by atoms with Gasteiger partial charge in [-0.15, -0.1) is 11.8 Å². The van der Waals surface area contributed by atoms with Gasteiger partial charge >= 0.3 is 0 Å². The van der Waals surface area contributed by atoms with Crippen molar-refractivity contribution in [3.8, 4) is 0 Å². The number of nitrogens with one attached hydrogen (secondary N) is 1. The average molecular weight is 278 g/mol. The van der Waals surface area contributed by atoms with Crippen LogP contribution in [0.1, 0.15) is 30.1 Å². The van der Waals surface area contributed by atoms with Gasteiger partial charge in [0.15, 0.2) is 0 Å². The van der Waals surface area contributed by atoms with Crippen molar-refractivity contribution in [3.05, 3.63) is 29.8 Å². The summed E-state index contributed by atoms with van der Waals surface area (Å²) in [5.74, 6) is 0.170. The lowest BCUT2D eigenvalue weighted by Crippen LogP contribution is -2.51. The number of amides is 1. The van der Waals surface area contributed by atoms with E-state index in [9.17, 15) is 4.79 Å². The minimum atomic E-state index is 0.170. The van der Waals surface area contributed by atoms with Gasteiger partial charge in [-0.25, -0.2) is 0 Å². The molecular weight excluding hydrogens is 256 g/mol. The van der Waals surface area contributed by atoms with Gasteiger partial charge in [0.05, 0.1) is 5.56 Å². The van der Waals surface area contributed by atoms with Crippen LogP contribution in [0, 0.1) is 0 Å². The third kappa shape index (κ3) is 3.12. The Kier molecular flexibility index (Phi) is 4.53. The molecule has 0 aliphatic carbocycles. The van der Waals surface area contributed by atoms with E-state index in [4.69, 9.17) is 0 Å². The molecule has 3 nitrogen and oxygen atoms in total. The van der Waals surface area contributed by atoms with Crippen LogP contribution in [-0.4, -0.2) is 42.7 Å². The number of thioether (sulfide) groups is 1. The van der Waals surface area contributed by atoms with E-state index in [-0.39, 0.29) is 11.4 Å². The number of piperidine rings is 1. The first-order valence-electron chi connectivity index (χ1n) is 6.71. The monoisotopic (exact) mass is 278 g/mol. The third-order valence-corrected chi connectivity index (χ3v) is 4.89. The Morgan fingerprint density at radius 2 is 1.95 bits per heavy atom. The van der Waals surface area contributed by atoms with Crippen molar-refractivity contribution in [2.24, 2.45) is 0 Å². The standard InChI is InChI=1S/C15H22N2OS/c1-15(16-2)8-10-17(11-9-15)14(18)12-6-4-5-7-13(12)19-3/h4-7,16H,8-11H2,1-3H3. The van der Waals surface area contributed by atoms with Crippen molar-refractivity contribution in [1.29, 1.82) is 0 Å². The van der Waals surface area contributed by atoms with Gasteiger partial charge in [-0.3, -0.25) is 4.79 Å². The van der Waals surface area contributed by atoms with Crippen LogP contribution in [0.3, 0.4) is 0 Å². The van der Waals surface area contributed by atoms with E-state index in [1.807, 2.05) is 42.5 Å². The van der Waals surface area contributed by atoms with E-state index in [0.29, 0.717) is 0 Å². The van der Waals surface area contributed by atoms with Crippen molar-refractivity contribution in [1.82, 2.24) is 10.2 Å². The predicted octanol–water partition coefficient (Wildman–Crippen LogP) is 2.62. The highest BCUT2D eigenvalue weighted by molar-refractivity contribution is 7.98. The highest BCUT2D eigenvalue weighted by Gasteiger charge is 2.31. The van der Waals surface area contributed by atoms with Crippen molar-refractivity contribution in [3.63, 3.8) is 0 Å². The topological polar surface area (TPSA) is 32.3 Å². The molecule has 4 heteroatoms. The number of nitrogens with zero attached hydrogens (tertiary/aromatic N) is 1. The Balaban J connectivity index is 2.09. The fourth-order valence-electron chi connectivity index (χ4n) is 2.45. The summed E-state index contributed by atoms with van der Waals surface area (Å²) in [6, 6.07) is 7.87. The van der Waals surface area contributed by atoms with Crippen LogP contribution in [0.2, 0.25) is 0 Å². The Labute approximate surface area is 119 Å². The van der Waals surface area contributed by atoms with E-state index in [1.54, 1.807) is 11.8 Å². The SMILES string of the molecule is CNC1(C)CCN(C(=O)c2ccccc2SC)CC1. The smallest absolute Gasteiger partial charge is 0.254 e. The summed E-state index contributed by atoms with van der Waals surface area (Å²) < 4.78 is 0. The third-order valence-electron chi connectivity index (χ3n) is 4.10. The molecule has 1 saturated heterocycles. The minimum absolute atomic E-state index is 0.170. The molecule has 0 saturated carbocycles. The maximum atomic E-state index is 12.6. The number of carbonyl (C=O) groups is 1. The summed E-state index contributed by atoms with van der Waals surface area (Å²) in [4.78, 5) is 15.6. The Morgan fingerprint density at radius 1 is 1.32 bits per heavy atom. The van der Waals surface area contributed by atoms with Crippen molar-refractivity contribution < 1.29 is 4.79 Å². The molecule has 19 heavy (non-hydrogen) atoms. The molecule has 1 amide bonds. The normalized spacial score (nSPS) is 18.4. The summed E-state index contributed by atoms with van der Waals surface area (Å²) in [6.45, 7) is 3.89. The zero-order valence-electron chi connectivity index (χ0n) is 11.9. The van der Waals surface area contributed by atoms with Crippen LogP contribution in [-0.2, 0) is 0 Å². The van der Waals surface area contributed by atoms with Gasteiger partial charge in [0, 0.05) is 23.5 Å². The first kappa shape index (κ1) is 14.4. The molecule has 0 spiro atoms. The molecule has 0 unspecified atom stereocenters. The molecule has 1 N–H and O–H groups in total. The van der Waals surface area contributed by atoms with Crippen LogP contribution in [0.4, 0.5) is 0 Å². The lowest BCUT2D eigenvalue weighted by Gasteiger charge is -2.39. The van der Waals surface area contributed by atoms with Crippen LogP contribution < -0.4 is 5.32 Å². The molecular formula is C15H22N2OS. The highest BCUT2D eigenvalue weighted by Crippen LogP contribution is 2.25. The molecule has 1 aliphatic heterocycles. The van der Waals surface area contributed by atoms with Crippen molar-refractivity contribution in [2.45, 2.75) is 30.2 Å². The zero-order chi connectivity index (χ0) is 13.9. The van der Waals surface area contributed by atoms with Gasteiger partial charge < -0.3 is 10.2 Å². The molecule has 2 rings (SSSR count). The lowest BCUT2D eigenvalue weighted by atomic mass is 9.89. The first-order valence-corrected chi connectivity index (χ1v) is 7.93. The second-order valence-electron chi connectivity index (χ2n) is 5.30. The first-order chi connectivity index (χ1) is 9.09. The molecule has 1 aromatic carbocycles. The molecule has 0 bridgehead atoms. The number of hydrogen-bond donors (Lipinski definition) is 1. The minimum Gasteiger partial charge on any atom is -0.338 e. The molecule has 1 aromatic rings. The van der Waals surface area contributed by atoms with Gasteiger partial charge in [-0.1, -0.05) is 12.1 Å². The van der Waals surface area contributed by atoms with Crippen LogP contribution in [0.15, 0.2) is 29.2 Å². The number of benzene rings is 1. The number of rotatable bonds is 3. The molecule has 1 aliphatic rings. The molecule has 1 fully saturated rings. The Bertz CT molecular complexity index is 453. The van der Waals surface area contributed by atoms with E-state index >= 15 is 0 Å². The van der Waals surface area contributed by atoms with Crippen molar-refractivity contribution in [2.75, 3.05) is 26.4 Å². The summed E-state index contributed by atoms with van der Waals surface area (Å²) in [5, 5.41) is 3.36. The van der Waals surface area contributed by atoms with Crippen LogP contribution in [0.25, 0.3) is 0 Å². The molecule has 0 atom stereocenters. The van der Waals surface area contributed by atoms with E-state index in [0.717, 1.165) is 36.4 Å². The fourth-order valence-corrected chi connectivity index (χ4v) is 3.03. The maximum absolute atomic E-state index is 12.6. The van der Waals surface area contributed by atoms with Gasteiger partial charge in [-0.2, -0.15) is 0 Å². The second kappa shape index (κ2) is 5.97. The van der Waals surface area contributed by atoms with Crippen LogP contribution in [0.5, 0.6) is 0 Å². The van der Waals surface area contributed by atoms with Gasteiger partial charge in [-0.05, 0) is 45.2 Å². The van der Waals surface area contributed by atoms with Gasteiger partial charge in [0.1, 0.15) is 0 Å². The second-order valence-corrected chi connectivity index (χ2v) is 6.15. The zero-order valence-corrected chi connectivity index (χ0v) is 12.7. The van der Waals surface area contributed by atoms with E-state index in [1.165, 1.54) is 0 Å². The Morgan fingerprint density at radius 3 is 2.53 bits per heavy atom. The lowest BCUT2D eigenvalue weighted by molar-refractivity contribution is 0.0658. The average Bonchev–Trinajstić information content (AvgIpc) is 2.47. The summed E-state index contributed by atoms with van der Waals surface area (Å²) >= 11 is 1.63. The van der Waals surface area contributed by atoms with E-state index < -0.39 is 0 Å². The number of hydrogen-bond acceptors (Lipinski definition) is 3. The summed E-state index contributed by atoms with van der Waals surface area (Å²) in [7, 11) is 2.00. The van der Waals surface area contributed by atoms with Gasteiger partial charge in [0.2, 0.25) is 0 Å². The summed E-state index contributed by atoms with van der Waals surface area (Å²) in [5.41, 5.74) is 1.01. The molecule has 104 valence electrons. The molecule has 0 radical (unpaired) electrons. The maximum Gasteiger partial charge on any atom is 0.254 e. The fraction of sp³-hybridized carbons (Fsp3) is 0.533. The summed E-state index contributed by atoms with van der Waals surface area (Å²) in [6.07, 6.45) is 4.04. The molecule has 0 aromatic heterocycles. The molecule has 1 heterocycles. The Hall–Kier alpha value is -1.00. The van der Waals surface area contributed by atoms with Crippen molar-refractivity contribution >= 4 is 17.7 Å². The number of likely N-dealkylation sites (tertiary alicyclic amines) is 1. The highest BCUT2D eigenvalue weighted by atomic mass is 32.2. The van der Waals surface area contributed by atoms with Gasteiger partial charge in [0.25, 0.3) is 5.91 Å². The predicted molar refractivity (Wildman–Crippen MR) is 80.8 cm³/mol. The largest absolute Gasteiger partial charge is 0.338 e. The van der Waals surface area contributed by atoms with Crippen LogP contribution >= 0.6 is 11.8 Å².